The zero-order chi connectivity index (χ0) is 11.6. The van der Waals surface area contributed by atoms with Crippen LogP contribution >= 0.6 is 15.9 Å². The van der Waals surface area contributed by atoms with Crippen molar-refractivity contribution in [3.63, 3.8) is 0 Å². The number of anilines is 1. The van der Waals surface area contributed by atoms with Gasteiger partial charge in [0.2, 0.25) is 0 Å². The van der Waals surface area contributed by atoms with Gasteiger partial charge >= 0.3 is 5.97 Å². The largest absolute Gasteiger partial charge is 0.477 e. The molecule has 1 rings (SSSR count). The summed E-state index contributed by atoms with van der Waals surface area (Å²) in [6, 6.07) is 1.26. The second kappa shape index (κ2) is 4.26. The topological polar surface area (TPSA) is 84.2 Å². The van der Waals surface area contributed by atoms with Gasteiger partial charge in [-0.1, -0.05) is 6.58 Å². The van der Waals surface area contributed by atoms with Crippen LogP contribution in [0.2, 0.25) is 0 Å². The van der Waals surface area contributed by atoms with Crippen molar-refractivity contribution in [2.24, 2.45) is 7.05 Å². The molecule has 0 atom stereocenters. The van der Waals surface area contributed by atoms with Gasteiger partial charge in [0.15, 0.2) is 5.82 Å². The Hall–Kier alpha value is -1.63. The molecular weight excluding hydrogens is 266 g/mol. The van der Waals surface area contributed by atoms with Crippen molar-refractivity contribution in [1.82, 2.24) is 9.78 Å². The van der Waals surface area contributed by atoms with E-state index in [9.17, 15) is 9.59 Å². The quantitative estimate of drug-likeness (QED) is 0.804. The molecule has 0 radical (unpaired) electrons. The van der Waals surface area contributed by atoms with E-state index in [-0.39, 0.29) is 16.0 Å². The first-order chi connectivity index (χ1) is 6.91. The molecule has 0 aliphatic heterocycles. The number of carbonyl (C=O) groups is 2. The average molecular weight is 274 g/mol. The molecule has 1 aromatic heterocycles. The first kappa shape index (κ1) is 11.4. The van der Waals surface area contributed by atoms with Crippen LogP contribution < -0.4 is 5.32 Å². The van der Waals surface area contributed by atoms with E-state index in [0.717, 1.165) is 4.68 Å². The molecule has 0 fully saturated rings. The summed E-state index contributed by atoms with van der Waals surface area (Å²) >= 11 is 2.89. The number of nitrogens with zero attached hydrogens (tertiary/aromatic N) is 2. The number of amides is 1. The second-order valence-electron chi connectivity index (χ2n) is 2.70. The van der Waals surface area contributed by atoms with Gasteiger partial charge in [-0.3, -0.25) is 9.48 Å². The fraction of sp³-hybridized carbons (Fsp3) is 0.125. The van der Waals surface area contributed by atoms with Crippen molar-refractivity contribution in [1.29, 1.82) is 0 Å². The molecular formula is C8H8BrN3O3. The Balaban J connectivity index is 2.89. The Kier molecular flexibility index (Phi) is 3.25. The highest BCUT2D eigenvalue weighted by molar-refractivity contribution is 9.12. The molecule has 2 N–H and O–H groups in total. The lowest BCUT2D eigenvalue weighted by Gasteiger charge is -1.97. The highest BCUT2D eigenvalue weighted by atomic mass is 79.9. The predicted molar refractivity (Wildman–Crippen MR) is 56.9 cm³/mol. The van der Waals surface area contributed by atoms with Gasteiger partial charge in [-0.05, 0) is 15.9 Å². The number of aromatic carboxylic acids is 1. The number of hydrogen-bond acceptors (Lipinski definition) is 3. The van der Waals surface area contributed by atoms with Gasteiger partial charge in [0.1, 0.15) is 5.69 Å². The number of carboxylic acid groups (broad SMARTS) is 1. The Morgan fingerprint density at radius 1 is 1.67 bits per heavy atom. The van der Waals surface area contributed by atoms with Crippen LogP contribution in [0.25, 0.3) is 0 Å². The maximum Gasteiger partial charge on any atom is 0.354 e. The maximum atomic E-state index is 11.1. The van der Waals surface area contributed by atoms with Gasteiger partial charge in [-0.15, -0.1) is 0 Å². The molecule has 0 aliphatic carbocycles. The van der Waals surface area contributed by atoms with E-state index in [2.05, 4.69) is 32.9 Å². The number of rotatable bonds is 3. The fourth-order valence-corrected chi connectivity index (χ4v) is 1.01. The Morgan fingerprint density at radius 2 is 2.27 bits per heavy atom. The van der Waals surface area contributed by atoms with Crippen molar-refractivity contribution in [3.05, 3.63) is 22.8 Å². The standard InChI is InChI=1S/C8H8BrN3O3/c1-4(9)7(13)10-6-3-5(8(14)15)12(2)11-6/h3H,1H2,2H3,(H,14,15)(H,10,11,13). The molecule has 6 nitrogen and oxygen atoms in total. The first-order valence-electron chi connectivity index (χ1n) is 3.85. The normalized spacial score (nSPS) is 9.73. The van der Waals surface area contributed by atoms with Crippen LogP contribution in [-0.2, 0) is 11.8 Å². The smallest absolute Gasteiger partial charge is 0.354 e. The van der Waals surface area contributed by atoms with Crippen molar-refractivity contribution in [2.45, 2.75) is 0 Å². The molecule has 7 heteroatoms. The average Bonchev–Trinajstić information content (AvgIpc) is 2.46. The number of aryl methyl sites for hydroxylation is 1. The third-order valence-electron chi connectivity index (χ3n) is 1.59. The summed E-state index contributed by atoms with van der Waals surface area (Å²) in [6.45, 7) is 3.37. The number of halogens is 1. The van der Waals surface area contributed by atoms with Crippen LogP contribution in [-0.4, -0.2) is 26.8 Å². The zero-order valence-electron chi connectivity index (χ0n) is 7.82. The summed E-state index contributed by atoms with van der Waals surface area (Å²) in [6.07, 6.45) is 0. The van der Waals surface area contributed by atoms with Crippen LogP contribution in [0.15, 0.2) is 17.1 Å². The summed E-state index contributed by atoms with van der Waals surface area (Å²) in [5.41, 5.74) is -0.00881. The van der Waals surface area contributed by atoms with Gasteiger partial charge in [0.05, 0.1) is 4.48 Å². The van der Waals surface area contributed by atoms with Crippen molar-refractivity contribution < 1.29 is 14.7 Å². The highest BCUT2D eigenvalue weighted by Gasteiger charge is 2.13. The predicted octanol–water partition coefficient (Wildman–Crippen LogP) is 0.965. The lowest BCUT2D eigenvalue weighted by Crippen LogP contribution is -2.11. The summed E-state index contributed by atoms with van der Waals surface area (Å²) in [7, 11) is 1.47. The molecule has 15 heavy (non-hydrogen) atoms. The van der Waals surface area contributed by atoms with Crippen molar-refractivity contribution >= 4 is 33.6 Å². The van der Waals surface area contributed by atoms with E-state index >= 15 is 0 Å². The second-order valence-corrected chi connectivity index (χ2v) is 3.66. The minimum Gasteiger partial charge on any atom is -0.477 e. The van der Waals surface area contributed by atoms with Gasteiger partial charge in [-0.2, -0.15) is 5.10 Å². The third kappa shape index (κ3) is 2.66. The molecule has 0 spiro atoms. The van der Waals surface area contributed by atoms with Crippen LogP contribution in [0.1, 0.15) is 10.5 Å². The molecule has 0 unspecified atom stereocenters. The van der Waals surface area contributed by atoms with Crippen molar-refractivity contribution in [2.75, 3.05) is 5.32 Å². The molecule has 0 bridgehead atoms. The van der Waals surface area contributed by atoms with Gasteiger partial charge in [0.25, 0.3) is 5.91 Å². The summed E-state index contributed by atoms with van der Waals surface area (Å²) in [5.74, 6) is -1.41. The van der Waals surface area contributed by atoms with Crippen LogP contribution in [0, 0.1) is 0 Å². The van der Waals surface area contributed by atoms with Gasteiger partial charge in [-0.25, -0.2) is 4.79 Å². The fourth-order valence-electron chi connectivity index (χ4n) is 0.913. The minimum atomic E-state index is -1.11. The Bertz CT molecular complexity index is 438. The van der Waals surface area contributed by atoms with Crippen LogP contribution in [0.4, 0.5) is 5.82 Å². The third-order valence-corrected chi connectivity index (χ3v) is 1.95. The van der Waals surface area contributed by atoms with Crippen LogP contribution in [0.3, 0.4) is 0 Å². The molecule has 1 aromatic rings. The monoisotopic (exact) mass is 273 g/mol. The molecule has 1 heterocycles. The molecule has 1 amide bonds. The Morgan fingerprint density at radius 3 is 2.67 bits per heavy atom. The number of nitrogens with one attached hydrogen (secondary N) is 1. The van der Waals surface area contributed by atoms with Crippen LogP contribution in [0.5, 0.6) is 0 Å². The summed E-state index contributed by atoms with van der Waals surface area (Å²) < 4.78 is 1.31. The van der Waals surface area contributed by atoms with E-state index in [0.29, 0.717) is 0 Å². The van der Waals surface area contributed by atoms with E-state index in [1.807, 2.05) is 0 Å². The molecule has 0 saturated heterocycles. The van der Waals surface area contributed by atoms with Gasteiger partial charge in [0, 0.05) is 13.1 Å². The lowest BCUT2D eigenvalue weighted by molar-refractivity contribution is -0.112. The molecule has 0 saturated carbocycles. The number of aromatic nitrogens is 2. The highest BCUT2D eigenvalue weighted by Crippen LogP contribution is 2.10. The molecule has 0 aliphatic rings. The SMILES string of the molecule is C=C(Br)C(=O)Nc1cc(C(=O)O)n(C)n1. The van der Waals surface area contributed by atoms with E-state index < -0.39 is 11.9 Å². The number of hydrogen-bond donors (Lipinski definition) is 2. The van der Waals surface area contributed by atoms with E-state index in [4.69, 9.17) is 5.11 Å². The minimum absolute atomic E-state index is 0.00881. The first-order valence-corrected chi connectivity index (χ1v) is 4.64. The van der Waals surface area contributed by atoms with E-state index in [1.54, 1.807) is 0 Å². The maximum absolute atomic E-state index is 11.1. The van der Waals surface area contributed by atoms with E-state index in [1.165, 1.54) is 13.1 Å². The summed E-state index contributed by atoms with van der Waals surface area (Å²) in [4.78, 5) is 21.8. The molecule has 0 aromatic carbocycles. The Labute approximate surface area is 93.7 Å². The number of carboxylic acids is 1. The lowest BCUT2D eigenvalue weighted by atomic mass is 10.4. The van der Waals surface area contributed by atoms with Crippen molar-refractivity contribution in [3.8, 4) is 0 Å². The zero-order valence-corrected chi connectivity index (χ0v) is 9.41. The molecule has 80 valence electrons. The summed E-state index contributed by atoms with van der Waals surface area (Å²) in [5, 5.41) is 14.9. The number of carbonyl (C=O) groups excluding carboxylic acids is 1. The van der Waals surface area contributed by atoms with Gasteiger partial charge < -0.3 is 10.4 Å².